The minimum Gasteiger partial charge on any atom is -0.493 e. The predicted molar refractivity (Wildman–Crippen MR) is 148 cm³/mol. The number of anilines is 2. The first kappa shape index (κ1) is 32.8. The highest BCUT2D eigenvalue weighted by molar-refractivity contribution is 5.86. The zero-order valence-corrected chi connectivity index (χ0v) is 23.2. The second-order valence-corrected chi connectivity index (χ2v) is 8.74. The molecule has 0 spiro atoms. The number of nitrogens with zero attached hydrogens (tertiary/aromatic N) is 3. The average Bonchev–Trinajstić information content (AvgIpc) is 2.96. The van der Waals surface area contributed by atoms with E-state index in [2.05, 4.69) is 30.6 Å². The number of aromatic amines is 1. The molecule has 2 heterocycles. The summed E-state index contributed by atoms with van der Waals surface area (Å²) in [5.41, 5.74) is 1.48. The van der Waals surface area contributed by atoms with Gasteiger partial charge in [-0.3, -0.25) is 15.1 Å². The van der Waals surface area contributed by atoms with Crippen molar-refractivity contribution in [2.24, 2.45) is 0 Å². The number of aliphatic hydroxyl groups is 2. The lowest BCUT2D eigenvalue weighted by molar-refractivity contribution is -0.192. The molecular weight excluding hydrogens is 581 g/mol. The number of aromatic nitrogens is 4. The van der Waals surface area contributed by atoms with Gasteiger partial charge in [-0.25, -0.2) is 19.7 Å². The fourth-order valence-electron chi connectivity index (χ4n) is 3.66. The molecule has 17 heteroatoms. The number of aryl methyl sites for hydroxylation is 1. The van der Waals surface area contributed by atoms with E-state index in [0.29, 0.717) is 52.5 Å². The smallest absolute Gasteiger partial charge is 0.490 e. The number of hydrogen-bond donors (Lipinski definition) is 6. The van der Waals surface area contributed by atoms with Gasteiger partial charge in [-0.05, 0) is 31.2 Å². The molecule has 0 radical (unpaired) electrons. The van der Waals surface area contributed by atoms with Gasteiger partial charge in [-0.15, -0.1) is 0 Å². The first-order valence-corrected chi connectivity index (χ1v) is 12.5. The summed E-state index contributed by atoms with van der Waals surface area (Å²) < 4.78 is 48.1. The number of halogens is 3. The van der Waals surface area contributed by atoms with Gasteiger partial charge in [0.2, 0.25) is 11.9 Å². The summed E-state index contributed by atoms with van der Waals surface area (Å²) in [6, 6.07) is 8.18. The lowest BCUT2D eigenvalue weighted by atomic mass is 10.1. The van der Waals surface area contributed by atoms with Crippen molar-refractivity contribution in [1.29, 1.82) is 0 Å². The van der Waals surface area contributed by atoms with E-state index >= 15 is 0 Å². The molecule has 0 bridgehead atoms. The fourth-order valence-corrected chi connectivity index (χ4v) is 3.66. The van der Waals surface area contributed by atoms with Crippen molar-refractivity contribution in [2.45, 2.75) is 19.1 Å². The van der Waals surface area contributed by atoms with Gasteiger partial charge in [0.25, 0.3) is 5.56 Å². The van der Waals surface area contributed by atoms with E-state index in [0.717, 1.165) is 5.39 Å². The molecule has 0 unspecified atom stereocenters. The average molecular weight is 611 g/mol. The van der Waals surface area contributed by atoms with Gasteiger partial charge in [0.1, 0.15) is 12.4 Å². The van der Waals surface area contributed by atoms with Gasteiger partial charge >= 0.3 is 12.1 Å². The Balaban J connectivity index is 0.000000646. The molecule has 0 aliphatic carbocycles. The van der Waals surface area contributed by atoms with Crippen LogP contribution in [0.5, 0.6) is 17.2 Å². The number of carboxylic acid groups (broad SMARTS) is 1. The number of H-pyrrole nitrogens is 1. The fraction of sp³-hybridized carbons (Fsp3) is 0.346. The molecule has 0 saturated heterocycles. The number of nitrogens with one attached hydrogen (secondary N) is 3. The third-order valence-corrected chi connectivity index (χ3v) is 5.79. The van der Waals surface area contributed by atoms with E-state index in [1.165, 1.54) is 0 Å². The normalized spacial score (nSPS) is 11.3. The van der Waals surface area contributed by atoms with Crippen LogP contribution in [0, 0.1) is 6.92 Å². The van der Waals surface area contributed by atoms with Crippen LogP contribution in [0.3, 0.4) is 0 Å². The monoisotopic (exact) mass is 610 g/mol. The number of fused-ring (bicyclic) bond motifs is 2. The molecule has 232 valence electrons. The Morgan fingerprint density at radius 3 is 2.26 bits per heavy atom. The summed E-state index contributed by atoms with van der Waals surface area (Å²) in [6.07, 6.45) is -5.08. The maximum Gasteiger partial charge on any atom is 0.490 e. The van der Waals surface area contributed by atoms with E-state index in [-0.39, 0.29) is 30.7 Å². The SMILES string of the molecule is COc1cc2nc(Nc3nc4ccc(OCCNC(CO)CO)cc4c(=O)[nH]3)nc(C)c2cc1OC.O=C(O)C(F)(F)F. The molecule has 0 saturated carbocycles. The predicted octanol–water partition coefficient (Wildman–Crippen LogP) is 1.89. The van der Waals surface area contributed by atoms with E-state index in [1.807, 2.05) is 13.0 Å². The molecule has 0 fully saturated rings. The number of aliphatic hydroxyl groups excluding tert-OH is 2. The number of carboxylic acids is 1. The van der Waals surface area contributed by atoms with Crippen LogP contribution >= 0.6 is 0 Å². The highest BCUT2D eigenvalue weighted by atomic mass is 19.4. The Kier molecular flexibility index (Phi) is 11.0. The molecule has 2 aromatic carbocycles. The van der Waals surface area contributed by atoms with Crippen LogP contribution in [0.4, 0.5) is 25.1 Å². The van der Waals surface area contributed by atoms with E-state index in [4.69, 9.17) is 34.3 Å². The van der Waals surface area contributed by atoms with Crippen molar-refractivity contribution in [3.05, 3.63) is 46.4 Å². The van der Waals surface area contributed by atoms with E-state index in [1.54, 1.807) is 38.5 Å². The van der Waals surface area contributed by atoms with Crippen LogP contribution < -0.4 is 30.4 Å². The number of alkyl halides is 3. The molecule has 2 aromatic heterocycles. The summed E-state index contributed by atoms with van der Waals surface area (Å²) in [7, 11) is 3.12. The standard InChI is InChI=1S/C24H28N6O6.C2HF3O2/c1-13-16-9-20(34-2)21(35-3)10-19(16)28-23(26-13)30-24-27-18-5-4-15(8-17(18)22(33)29-24)36-7-6-25-14(11-31)12-32;3-2(4,5)1(6)7/h4-5,8-10,14,25,31-32H,6-7,11-12H2,1-3H3,(H2,26,27,28,29,30,33);(H,6,7). The van der Waals surface area contributed by atoms with Crippen LogP contribution in [0.1, 0.15) is 5.69 Å². The van der Waals surface area contributed by atoms with Crippen LogP contribution in [0.25, 0.3) is 21.8 Å². The minimum atomic E-state index is -5.08. The number of rotatable bonds is 11. The molecule has 6 N–H and O–H groups in total. The Hall–Kier alpha value is -4.74. The van der Waals surface area contributed by atoms with E-state index in [9.17, 15) is 18.0 Å². The van der Waals surface area contributed by atoms with Gasteiger partial charge in [0, 0.05) is 18.0 Å². The number of benzene rings is 2. The summed E-state index contributed by atoms with van der Waals surface area (Å²) in [6.45, 7) is 2.23. The molecule has 0 amide bonds. The van der Waals surface area contributed by atoms with Crippen molar-refractivity contribution in [2.75, 3.05) is 45.9 Å². The first-order chi connectivity index (χ1) is 20.4. The van der Waals surface area contributed by atoms with Crippen molar-refractivity contribution < 1.29 is 47.5 Å². The Bertz CT molecular complexity index is 1630. The Morgan fingerprint density at radius 1 is 1.00 bits per heavy atom. The van der Waals surface area contributed by atoms with Gasteiger partial charge in [-0.2, -0.15) is 13.2 Å². The molecule has 0 atom stereocenters. The van der Waals surface area contributed by atoms with Crippen LogP contribution in [-0.4, -0.2) is 94.0 Å². The van der Waals surface area contributed by atoms with Crippen molar-refractivity contribution in [3.63, 3.8) is 0 Å². The maximum absolute atomic E-state index is 12.7. The van der Waals surface area contributed by atoms with Crippen LogP contribution in [0.2, 0.25) is 0 Å². The largest absolute Gasteiger partial charge is 0.493 e. The van der Waals surface area contributed by atoms with Crippen LogP contribution in [-0.2, 0) is 4.79 Å². The molecule has 0 aliphatic rings. The van der Waals surface area contributed by atoms with Crippen molar-refractivity contribution >= 4 is 39.7 Å². The lowest BCUT2D eigenvalue weighted by Gasteiger charge is -2.14. The van der Waals surface area contributed by atoms with Crippen molar-refractivity contribution in [1.82, 2.24) is 25.3 Å². The number of methoxy groups -OCH3 is 2. The summed E-state index contributed by atoms with van der Waals surface area (Å²) in [5, 5.41) is 32.4. The highest BCUT2D eigenvalue weighted by Crippen LogP contribution is 2.33. The van der Waals surface area contributed by atoms with Gasteiger partial charge in [0.15, 0.2) is 11.5 Å². The van der Waals surface area contributed by atoms with Gasteiger partial charge in [0.05, 0.1) is 55.6 Å². The lowest BCUT2D eigenvalue weighted by Crippen LogP contribution is -2.38. The third-order valence-electron chi connectivity index (χ3n) is 5.79. The molecule has 14 nitrogen and oxygen atoms in total. The number of carbonyl (C=O) groups is 1. The Labute approximate surface area is 241 Å². The summed E-state index contributed by atoms with van der Waals surface area (Å²) >= 11 is 0. The topological polar surface area (TPSA) is 201 Å². The maximum atomic E-state index is 12.7. The minimum absolute atomic E-state index is 0.170. The molecule has 4 aromatic rings. The van der Waals surface area contributed by atoms with Gasteiger partial charge in [-0.1, -0.05) is 0 Å². The zero-order valence-electron chi connectivity index (χ0n) is 23.2. The molecule has 43 heavy (non-hydrogen) atoms. The molecule has 0 aliphatic heterocycles. The second kappa shape index (κ2) is 14.4. The quantitative estimate of drug-likeness (QED) is 0.135. The van der Waals surface area contributed by atoms with Gasteiger partial charge < -0.3 is 34.8 Å². The van der Waals surface area contributed by atoms with Crippen LogP contribution in [0.15, 0.2) is 35.1 Å². The second-order valence-electron chi connectivity index (χ2n) is 8.74. The van der Waals surface area contributed by atoms with Crippen molar-refractivity contribution in [3.8, 4) is 17.2 Å². The van der Waals surface area contributed by atoms with E-state index < -0.39 is 18.2 Å². The Morgan fingerprint density at radius 2 is 1.65 bits per heavy atom. The number of hydrogen-bond acceptors (Lipinski definition) is 12. The number of ether oxygens (including phenoxy) is 3. The first-order valence-electron chi connectivity index (χ1n) is 12.5. The summed E-state index contributed by atoms with van der Waals surface area (Å²) in [4.78, 5) is 37.8. The zero-order chi connectivity index (χ0) is 31.7. The number of aliphatic carboxylic acids is 1. The highest BCUT2D eigenvalue weighted by Gasteiger charge is 2.38. The molecule has 4 rings (SSSR count). The third kappa shape index (κ3) is 8.63. The molecular formula is C26H29F3N6O8. The summed E-state index contributed by atoms with van der Waals surface area (Å²) in [5.74, 6) is -0.666.